The summed E-state index contributed by atoms with van der Waals surface area (Å²) in [5.74, 6) is -0.719. The van der Waals surface area contributed by atoms with Crippen LogP contribution in [0.25, 0.3) is 0 Å². The van der Waals surface area contributed by atoms with Crippen LogP contribution in [0.1, 0.15) is 30.6 Å². The minimum atomic E-state index is -0.601. The van der Waals surface area contributed by atoms with Crippen LogP contribution < -0.4 is 11.1 Å². The highest BCUT2D eigenvalue weighted by Gasteiger charge is 2.21. The molecule has 0 unspecified atom stereocenters. The molecule has 0 heterocycles. The van der Waals surface area contributed by atoms with E-state index in [2.05, 4.69) is 10.1 Å². The molecule has 2 atom stereocenters. The minimum Gasteiger partial charge on any atom is -0.465 e. The van der Waals surface area contributed by atoms with Gasteiger partial charge in [0.1, 0.15) is 0 Å². The van der Waals surface area contributed by atoms with Crippen molar-refractivity contribution in [3.63, 3.8) is 0 Å². The van der Waals surface area contributed by atoms with Gasteiger partial charge in [-0.05, 0) is 18.1 Å². The van der Waals surface area contributed by atoms with Crippen molar-refractivity contribution in [3.8, 4) is 0 Å². The summed E-state index contributed by atoms with van der Waals surface area (Å²) in [4.78, 5) is 23.6. The Kier molecular flexibility index (Phi) is 5.51. The molecule has 0 radical (unpaired) electrons. The van der Waals surface area contributed by atoms with E-state index < -0.39 is 12.0 Å². The van der Waals surface area contributed by atoms with E-state index in [4.69, 9.17) is 5.73 Å². The first-order valence-electron chi connectivity index (χ1n) is 6.25. The van der Waals surface area contributed by atoms with Crippen LogP contribution in [0.3, 0.4) is 0 Å². The average molecular weight is 264 g/mol. The van der Waals surface area contributed by atoms with Crippen molar-refractivity contribution >= 4 is 17.6 Å². The predicted octanol–water partition coefficient (Wildman–Crippen LogP) is 1.79. The zero-order valence-electron chi connectivity index (χ0n) is 11.5. The number of carbonyl (C=O) groups is 2. The fraction of sp³-hybridized carbons (Fsp3) is 0.429. The molecule has 5 heteroatoms. The van der Waals surface area contributed by atoms with Gasteiger partial charge in [-0.25, -0.2) is 4.79 Å². The lowest BCUT2D eigenvalue weighted by Gasteiger charge is -2.18. The average Bonchev–Trinajstić information content (AvgIpc) is 2.45. The van der Waals surface area contributed by atoms with Gasteiger partial charge in [0, 0.05) is 0 Å². The van der Waals surface area contributed by atoms with Crippen molar-refractivity contribution in [2.24, 2.45) is 11.7 Å². The number of methoxy groups -OCH3 is 1. The normalized spacial score (nSPS) is 13.5. The molecule has 0 aliphatic heterocycles. The number of benzene rings is 1. The first-order valence-corrected chi connectivity index (χ1v) is 6.25. The number of nitrogens with one attached hydrogen (secondary N) is 1. The van der Waals surface area contributed by atoms with Crippen LogP contribution in [0.5, 0.6) is 0 Å². The standard InChI is InChI=1S/C14H20N2O3/c1-4-9(2)12(15)13(17)16-11-8-6-5-7-10(11)14(18)19-3/h5-9,12H,4,15H2,1-3H3,(H,16,17)/t9-,12-/m0/s1. The maximum absolute atomic E-state index is 12.0. The summed E-state index contributed by atoms with van der Waals surface area (Å²) in [6.45, 7) is 3.89. The Morgan fingerprint density at radius 1 is 1.37 bits per heavy atom. The van der Waals surface area contributed by atoms with Gasteiger partial charge in [0.05, 0.1) is 24.4 Å². The van der Waals surface area contributed by atoms with E-state index in [9.17, 15) is 9.59 Å². The summed E-state index contributed by atoms with van der Waals surface area (Å²) in [5, 5.41) is 2.68. The monoisotopic (exact) mass is 264 g/mol. The molecule has 0 spiro atoms. The third-order valence-corrected chi connectivity index (χ3v) is 3.15. The molecule has 0 saturated carbocycles. The molecule has 0 aliphatic rings. The van der Waals surface area contributed by atoms with E-state index in [1.807, 2.05) is 13.8 Å². The summed E-state index contributed by atoms with van der Waals surface area (Å²) < 4.78 is 4.67. The molecule has 1 aromatic carbocycles. The topological polar surface area (TPSA) is 81.4 Å². The first kappa shape index (κ1) is 15.2. The highest BCUT2D eigenvalue weighted by atomic mass is 16.5. The molecule has 19 heavy (non-hydrogen) atoms. The van der Waals surface area contributed by atoms with Crippen LogP contribution >= 0.6 is 0 Å². The summed E-state index contributed by atoms with van der Waals surface area (Å²) in [6.07, 6.45) is 0.813. The van der Waals surface area contributed by atoms with E-state index in [0.717, 1.165) is 6.42 Å². The Bertz CT molecular complexity index is 460. The van der Waals surface area contributed by atoms with Crippen molar-refractivity contribution in [2.75, 3.05) is 12.4 Å². The lowest BCUT2D eigenvalue weighted by atomic mass is 9.99. The van der Waals surface area contributed by atoms with Gasteiger partial charge >= 0.3 is 5.97 Å². The van der Waals surface area contributed by atoms with Crippen molar-refractivity contribution in [1.82, 2.24) is 0 Å². The molecule has 0 aromatic heterocycles. The summed E-state index contributed by atoms with van der Waals surface area (Å²) in [7, 11) is 1.30. The fourth-order valence-corrected chi connectivity index (χ4v) is 1.61. The molecule has 0 saturated heterocycles. The number of hydrogen-bond acceptors (Lipinski definition) is 4. The third-order valence-electron chi connectivity index (χ3n) is 3.15. The lowest BCUT2D eigenvalue weighted by Crippen LogP contribution is -2.40. The van der Waals surface area contributed by atoms with Crippen molar-refractivity contribution in [1.29, 1.82) is 0 Å². The molecular weight excluding hydrogens is 244 g/mol. The number of carbonyl (C=O) groups excluding carboxylic acids is 2. The molecular formula is C14H20N2O3. The van der Waals surface area contributed by atoms with Crippen molar-refractivity contribution in [3.05, 3.63) is 29.8 Å². The Hall–Kier alpha value is -1.88. The number of rotatable bonds is 5. The van der Waals surface area contributed by atoms with Crippen LogP contribution in [0.2, 0.25) is 0 Å². The van der Waals surface area contributed by atoms with Gasteiger partial charge in [-0.3, -0.25) is 4.79 Å². The van der Waals surface area contributed by atoms with E-state index in [-0.39, 0.29) is 11.8 Å². The first-order chi connectivity index (χ1) is 9.01. The summed E-state index contributed by atoms with van der Waals surface area (Å²) in [5.41, 5.74) is 6.58. The zero-order chi connectivity index (χ0) is 14.4. The Balaban J connectivity index is 2.88. The van der Waals surface area contributed by atoms with Crippen LogP contribution in [-0.2, 0) is 9.53 Å². The fourth-order valence-electron chi connectivity index (χ4n) is 1.61. The van der Waals surface area contributed by atoms with Crippen LogP contribution in [0, 0.1) is 5.92 Å². The van der Waals surface area contributed by atoms with Crippen molar-refractivity contribution < 1.29 is 14.3 Å². The molecule has 0 bridgehead atoms. The van der Waals surface area contributed by atoms with E-state index in [1.165, 1.54) is 7.11 Å². The molecule has 1 rings (SSSR count). The van der Waals surface area contributed by atoms with Gasteiger partial charge in [-0.1, -0.05) is 32.4 Å². The zero-order valence-corrected chi connectivity index (χ0v) is 11.5. The van der Waals surface area contributed by atoms with Gasteiger partial charge in [0.25, 0.3) is 0 Å². The maximum atomic E-state index is 12.0. The number of esters is 1. The third kappa shape index (κ3) is 3.79. The second-order valence-electron chi connectivity index (χ2n) is 4.44. The summed E-state index contributed by atoms with van der Waals surface area (Å²) >= 11 is 0. The molecule has 1 aromatic rings. The predicted molar refractivity (Wildman–Crippen MR) is 73.8 cm³/mol. The Labute approximate surface area is 113 Å². The molecule has 0 fully saturated rings. The van der Waals surface area contributed by atoms with Crippen LogP contribution in [0.15, 0.2) is 24.3 Å². The molecule has 5 nitrogen and oxygen atoms in total. The molecule has 104 valence electrons. The SMILES string of the molecule is CC[C@H](C)[C@H](N)C(=O)Nc1ccccc1C(=O)OC. The second-order valence-corrected chi connectivity index (χ2v) is 4.44. The van der Waals surface area contributed by atoms with Gasteiger partial charge in [-0.2, -0.15) is 0 Å². The van der Waals surface area contributed by atoms with E-state index >= 15 is 0 Å². The lowest BCUT2D eigenvalue weighted by molar-refractivity contribution is -0.118. The van der Waals surface area contributed by atoms with Crippen molar-refractivity contribution in [2.45, 2.75) is 26.3 Å². The summed E-state index contributed by atoms with van der Waals surface area (Å²) in [6, 6.07) is 6.08. The Morgan fingerprint density at radius 3 is 2.58 bits per heavy atom. The second kappa shape index (κ2) is 6.89. The van der Waals surface area contributed by atoms with Gasteiger partial charge < -0.3 is 15.8 Å². The number of hydrogen-bond donors (Lipinski definition) is 2. The maximum Gasteiger partial charge on any atom is 0.339 e. The molecule has 1 amide bonds. The highest BCUT2D eigenvalue weighted by Crippen LogP contribution is 2.17. The van der Waals surface area contributed by atoms with E-state index in [0.29, 0.717) is 11.3 Å². The highest BCUT2D eigenvalue weighted by molar-refractivity contribution is 6.02. The largest absolute Gasteiger partial charge is 0.465 e. The molecule has 0 aliphatic carbocycles. The number of para-hydroxylation sites is 1. The Morgan fingerprint density at radius 2 is 2.00 bits per heavy atom. The number of amides is 1. The number of ether oxygens (including phenoxy) is 1. The number of anilines is 1. The van der Waals surface area contributed by atoms with Gasteiger partial charge in [-0.15, -0.1) is 0 Å². The van der Waals surface area contributed by atoms with Crippen LogP contribution in [-0.4, -0.2) is 25.0 Å². The van der Waals surface area contributed by atoms with Gasteiger partial charge in [0.15, 0.2) is 0 Å². The minimum absolute atomic E-state index is 0.0743. The quantitative estimate of drug-likeness (QED) is 0.794. The molecule has 3 N–H and O–H groups in total. The smallest absolute Gasteiger partial charge is 0.339 e. The van der Waals surface area contributed by atoms with E-state index in [1.54, 1.807) is 24.3 Å². The number of nitrogens with two attached hydrogens (primary N) is 1. The van der Waals surface area contributed by atoms with Crippen LogP contribution in [0.4, 0.5) is 5.69 Å². The van der Waals surface area contributed by atoms with Gasteiger partial charge in [0.2, 0.25) is 5.91 Å².